The largest absolute Gasteiger partial charge is 0.457 e. The van der Waals surface area contributed by atoms with Gasteiger partial charge in [0.2, 0.25) is 11.0 Å². The van der Waals surface area contributed by atoms with Crippen LogP contribution in [-0.2, 0) is 24.9 Å². The molecule has 0 atom stereocenters. The highest BCUT2D eigenvalue weighted by Crippen LogP contribution is 2.34. The van der Waals surface area contributed by atoms with Gasteiger partial charge in [-0.2, -0.15) is 4.57 Å². The van der Waals surface area contributed by atoms with E-state index in [0.29, 0.717) is 12.1 Å². The fourth-order valence-electron chi connectivity index (χ4n) is 5.04. The maximum absolute atomic E-state index is 13.8. The summed E-state index contributed by atoms with van der Waals surface area (Å²) < 4.78 is 10.4. The van der Waals surface area contributed by atoms with Crippen LogP contribution < -0.4 is 4.57 Å². The molecule has 0 aliphatic carbocycles. The predicted molar refractivity (Wildman–Crippen MR) is 139 cm³/mol. The summed E-state index contributed by atoms with van der Waals surface area (Å²) in [6.07, 6.45) is 0. The second-order valence-electron chi connectivity index (χ2n) is 8.80. The van der Waals surface area contributed by atoms with Crippen molar-refractivity contribution in [2.24, 2.45) is 7.05 Å². The lowest BCUT2D eigenvalue weighted by Gasteiger charge is -2.12. The lowest BCUT2D eigenvalue weighted by molar-refractivity contribution is -0.616. The molecule has 2 aromatic heterocycles. The van der Waals surface area contributed by atoms with Gasteiger partial charge >= 0.3 is 5.97 Å². The van der Waals surface area contributed by atoms with Crippen molar-refractivity contribution in [3.05, 3.63) is 126 Å². The summed E-state index contributed by atoms with van der Waals surface area (Å²) in [5.74, 6) is -0.312. The van der Waals surface area contributed by atoms with Gasteiger partial charge in [0.05, 0.1) is 16.3 Å². The van der Waals surface area contributed by atoms with E-state index >= 15 is 0 Å². The summed E-state index contributed by atoms with van der Waals surface area (Å²) in [4.78, 5) is 13.8. The molecule has 6 aromatic rings. The molecule has 0 aliphatic rings. The maximum atomic E-state index is 13.8. The summed E-state index contributed by atoms with van der Waals surface area (Å²) in [5.41, 5.74) is 6.76. The number of pyridine rings is 1. The van der Waals surface area contributed by atoms with Crippen LogP contribution in [0.4, 0.5) is 0 Å². The zero-order valence-corrected chi connectivity index (χ0v) is 19.5. The molecule has 0 fully saturated rings. The van der Waals surface area contributed by atoms with Gasteiger partial charge in [-0.05, 0) is 29.3 Å². The highest BCUT2D eigenvalue weighted by molar-refractivity contribution is 6.17. The number of hydrogen-bond acceptors (Lipinski definition) is 2. The van der Waals surface area contributed by atoms with E-state index in [4.69, 9.17) is 4.74 Å². The van der Waals surface area contributed by atoms with Crippen LogP contribution in [0.25, 0.3) is 32.8 Å². The number of hydrogen-bond donors (Lipinski definition) is 0. The lowest BCUT2D eigenvalue weighted by atomic mass is 10.1. The van der Waals surface area contributed by atoms with Crippen molar-refractivity contribution in [2.45, 2.75) is 13.2 Å². The number of carbonyl (C=O) groups excluding carboxylic acids is 1. The van der Waals surface area contributed by atoms with Crippen LogP contribution in [0.2, 0.25) is 0 Å². The number of rotatable bonds is 5. The summed E-state index contributed by atoms with van der Waals surface area (Å²) in [6.45, 7) is 0.886. The second-order valence-corrected chi connectivity index (χ2v) is 8.80. The molecule has 0 saturated carbocycles. The number of para-hydroxylation sites is 2. The fourth-order valence-corrected chi connectivity index (χ4v) is 5.04. The Kier molecular flexibility index (Phi) is 5.27. The van der Waals surface area contributed by atoms with Crippen molar-refractivity contribution in [1.29, 1.82) is 0 Å². The van der Waals surface area contributed by atoms with Crippen molar-refractivity contribution in [1.82, 2.24) is 4.57 Å². The minimum atomic E-state index is -0.312. The standard InChI is InChI=1S/C31H25N2O2/c1-32-26-18-10-8-16-24(26)28(31(34)35-21-23-14-6-3-7-15-23)30-29(32)25-17-9-11-19-27(25)33(30)20-22-12-4-2-5-13-22/h2-19H,20-21H2,1H3/q+1. The van der Waals surface area contributed by atoms with Gasteiger partial charge in [0, 0.05) is 12.6 Å². The lowest BCUT2D eigenvalue weighted by Crippen LogP contribution is -2.31. The Morgan fingerprint density at radius 2 is 1.34 bits per heavy atom. The van der Waals surface area contributed by atoms with Crippen LogP contribution >= 0.6 is 0 Å². The van der Waals surface area contributed by atoms with Crippen LogP contribution in [-0.4, -0.2) is 10.5 Å². The molecular formula is C31H25N2O2+. The topological polar surface area (TPSA) is 35.1 Å². The monoisotopic (exact) mass is 457 g/mol. The van der Waals surface area contributed by atoms with Crippen LogP contribution in [0, 0.1) is 0 Å². The van der Waals surface area contributed by atoms with Gasteiger partial charge in [0.15, 0.2) is 0 Å². The maximum Gasteiger partial charge on any atom is 0.341 e. The van der Waals surface area contributed by atoms with E-state index in [1.165, 1.54) is 5.56 Å². The Morgan fingerprint density at radius 1 is 0.743 bits per heavy atom. The number of benzene rings is 4. The van der Waals surface area contributed by atoms with Gasteiger partial charge in [-0.3, -0.25) is 0 Å². The van der Waals surface area contributed by atoms with E-state index in [0.717, 1.165) is 38.4 Å². The van der Waals surface area contributed by atoms with E-state index < -0.39 is 0 Å². The molecule has 0 saturated heterocycles. The molecule has 4 heteroatoms. The third-order valence-electron chi connectivity index (χ3n) is 6.65. The number of aromatic nitrogens is 2. The average Bonchev–Trinajstić information content (AvgIpc) is 3.23. The molecule has 35 heavy (non-hydrogen) atoms. The van der Waals surface area contributed by atoms with E-state index in [1.807, 2.05) is 66.7 Å². The van der Waals surface area contributed by atoms with Crippen molar-refractivity contribution < 1.29 is 14.1 Å². The fraction of sp³-hybridized carbons (Fsp3) is 0.0968. The van der Waals surface area contributed by atoms with Crippen LogP contribution in [0.5, 0.6) is 0 Å². The van der Waals surface area contributed by atoms with Gasteiger partial charge in [-0.15, -0.1) is 0 Å². The van der Waals surface area contributed by atoms with E-state index in [-0.39, 0.29) is 12.6 Å². The minimum absolute atomic E-state index is 0.232. The first-order valence-corrected chi connectivity index (χ1v) is 11.8. The van der Waals surface area contributed by atoms with Gasteiger partial charge in [0.25, 0.3) is 0 Å². The summed E-state index contributed by atoms with van der Waals surface area (Å²) in [6, 6.07) is 36.6. The van der Waals surface area contributed by atoms with Crippen LogP contribution in [0.15, 0.2) is 109 Å². The first kappa shape index (κ1) is 21.1. The van der Waals surface area contributed by atoms with Crippen molar-refractivity contribution >= 4 is 38.8 Å². The average molecular weight is 458 g/mol. The molecule has 4 nitrogen and oxygen atoms in total. The third-order valence-corrected chi connectivity index (χ3v) is 6.65. The summed E-state index contributed by atoms with van der Waals surface area (Å²) in [5, 5.41) is 2.00. The number of carbonyl (C=O) groups is 1. The van der Waals surface area contributed by atoms with Crippen molar-refractivity contribution in [3.63, 3.8) is 0 Å². The zero-order chi connectivity index (χ0) is 23.8. The third kappa shape index (κ3) is 3.64. The summed E-state index contributed by atoms with van der Waals surface area (Å²) >= 11 is 0. The molecule has 0 N–H and O–H groups in total. The Bertz CT molecular complexity index is 1690. The molecule has 0 radical (unpaired) electrons. The highest BCUT2D eigenvalue weighted by atomic mass is 16.5. The molecule has 170 valence electrons. The summed E-state index contributed by atoms with van der Waals surface area (Å²) in [7, 11) is 2.07. The van der Waals surface area contributed by atoms with Gasteiger partial charge < -0.3 is 9.30 Å². The van der Waals surface area contributed by atoms with Crippen molar-refractivity contribution in [2.75, 3.05) is 0 Å². The quantitative estimate of drug-likeness (QED) is 0.229. The molecular weight excluding hydrogens is 432 g/mol. The van der Waals surface area contributed by atoms with E-state index in [2.05, 4.69) is 58.6 Å². The molecule has 0 amide bonds. The molecule has 0 unspecified atom stereocenters. The normalized spacial score (nSPS) is 11.3. The molecule has 0 aliphatic heterocycles. The molecule has 4 aromatic carbocycles. The second kappa shape index (κ2) is 8.73. The Hall–Kier alpha value is -4.44. The Balaban J connectivity index is 1.64. The molecule has 2 heterocycles. The number of aryl methyl sites for hydroxylation is 1. The van der Waals surface area contributed by atoms with Crippen molar-refractivity contribution in [3.8, 4) is 0 Å². The number of nitrogens with zero attached hydrogens (tertiary/aromatic N) is 2. The SMILES string of the molecule is C[n+]1c2ccccc2c(C(=O)OCc2ccccc2)c2c1c1ccccc1n2Cc1ccccc1. The number of esters is 1. The van der Waals surface area contributed by atoms with Gasteiger partial charge in [-0.25, -0.2) is 4.79 Å². The van der Waals surface area contributed by atoms with E-state index in [9.17, 15) is 4.79 Å². The highest BCUT2D eigenvalue weighted by Gasteiger charge is 2.29. The van der Waals surface area contributed by atoms with Crippen LogP contribution in [0.3, 0.4) is 0 Å². The van der Waals surface area contributed by atoms with Gasteiger partial charge in [-0.1, -0.05) is 84.9 Å². The zero-order valence-electron chi connectivity index (χ0n) is 19.5. The van der Waals surface area contributed by atoms with Gasteiger partial charge in [0.1, 0.15) is 24.7 Å². The molecule has 0 bridgehead atoms. The number of ether oxygens (including phenoxy) is 1. The first-order chi connectivity index (χ1) is 17.2. The minimum Gasteiger partial charge on any atom is -0.457 e. The predicted octanol–water partition coefficient (Wildman–Crippen LogP) is 6.18. The van der Waals surface area contributed by atoms with Crippen LogP contribution in [0.1, 0.15) is 21.5 Å². The Labute approximate surface area is 203 Å². The molecule has 6 rings (SSSR count). The number of fused-ring (bicyclic) bond motifs is 4. The molecule has 0 spiro atoms. The smallest absolute Gasteiger partial charge is 0.341 e. The van der Waals surface area contributed by atoms with E-state index in [1.54, 1.807) is 0 Å². The Morgan fingerprint density at radius 3 is 2.09 bits per heavy atom. The first-order valence-electron chi connectivity index (χ1n) is 11.8.